The summed E-state index contributed by atoms with van der Waals surface area (Å²) in [6.45, 7) is 4.39. The second-order valence-electron chi connectivity index (χ2n) is 7.58. The summed E-state index contributed by atoms with van der Waals surface area (Å²) in [6.07, 6.45) is 8.97. The van der Waals surface area contributed by atoms with Gasteiger partial charge in [-0.2, -0.15) is 5.10 Å². The van der Waals surface area contributed by atoms with E-state index >= 15 is 0 Å². The molecule has 1 aromatic carbocycles. The van der Waals surface area contributed by atoms with Crippen LogP contribution in [-0.4, -0.2) is 74.9 Å². The highest BCUT2D eigenvalue weighted by atomic mass is 16.3. The molecule has 1 saturated heterocycles. The average molecular weight is 418 g/mol. The number of rotatable bonds is 7. The van der Waals surface area contributed by atoms with Crippen LogP contribution in [0.2, 0.25) is 0 Å². The van der Waals surface area contributed by atoms with Crippen molar-refractivity contribution in [2.75, 3.05) is 39.3 Å². The van der Waals surface area contributed by atoms with Crippen molar-refractivity contribution >= 4 is 12.0 Å². The number of hydrogen-bond acceptors (Lipinski definition) is 5. The maximum Gasteiger partial charge on any atom is 0.246 e. The number of carbonyl (C=O) groups excluding carboxylic acids is 1. The zero-order valence-corrected chi connectivity index (χ0v) is 17.5. The first-order valence-electron chi connectivity index (χ1n) is 10.5. The van der Waals surface area contributed by atoms with Gasteiger partial charge in [-0.15, -0.1) is 0 Å². The topological polar surface area (TPSA) is 74.5 Å². The van der Waals surface area contributed by atoms with Crippen molar-refractivity contribution in [2.45, 2.75) is 6.54 Å². The molecule has 1 aliphatic rings. The van der Waals surface area contributed by atoms with Gasteiger partial charge in [-0.3, -0.25) is 19.4 Å². The number of hydrogen-bond donors (Lipinski definition) is 1. The molecule has 0 saturated carbocycles. The Balaban J connectivity index is 1.51. The van der Waals surface area contributed by atoms with E-state index in [0.29, 0.717) is 26.2 Å². The molecule has 7 nitrogen and oxygen atoms in total. The van der Waals surface area contributed by atoms with Crippen LogP contribution in [0, 0.1) is 0 Å². The van der Waals surface area contributed by atoms with Crippen molar-refractivity contribution in [3.05, 3.63) is 78.3 Å². The van der Waals surface area contributed by atoms with Crippen LogP contribution in [0.15, 0.2) is 67.1 Å². The first kappa shape index (κ1) is 21.0. The predicted octanol–water partition coefficient (Wildman–Crippen LogP) is 2.14. The van der Waals surface area contributed by atoms with Crippen molar-refractivity contribution < 1.29 is 9.90 Å². The van der Waals surface area contributed by atoms with Crippen LogP contribution in [0.4, 0.5) is 0 Å². The third kappa shape index (κ3) is 5.45. The molecule has 0 aliphatic carbocycles. The molecule has 0 unspecified atom stereocenters. The maximum atomic E-state index is 12.7. The minimum absolute atomic E-state index is 0.00315. The van der Waals surface area contributed by atoms with Crippen LogP contribution in [0.1, 0.15) is 11.1 Å². The van der Waals surface area contributed by atoms with Crippen LogP contribution in [-0.2, 0) is 11.3 Å². The zero-order chi connectivity index (χ0) is 21.5. The Morgan fingerprint density at radius 3 is 2.58 bits per heavy atom. The zero-order valence-electron chi connectivity index (χ0n) is 17.5. The molecule has 1 N–H and O–H groups in total. The molecular weight excluding hydrogens is 390 g/mol. The van der Waals surface area contributed by atoms with Gasteiger partial charge in [0.2, 0.25) is 5.91 Å². The molecule has 160 valence electrons. The second kappa shape index (κ2) is 10.1. The Labute approximate surface area is 182 Å². The summed E-state index contributed by atoms with van der Waals surface area (Å²) < 4.78 is 1.90. The Morgan fingerprint density at radius 2 is 1.87 bits per heavy atom. The highest BCUT2D eigenvalue weighted by molar-refractivity contribution is 5.92. The van der Waals surface area contributed by atoms with E-state index in [1.807, 2.05) is 52.2 Å². The van der Waals surface area contributed by atoms with Crippen molar-refractivity contribution in [1.29, 1.82) is 0 Å². The monoisotopic (exact) mass is 417 g/mol. The first-order valence-corrected chi connectivity index (χ1v) is 10.5. The Morgan fingerprint density at radius 1 is 1.06 bits per heavy atom. The fraction of sp³-hybridized carbons (Fsp3) is 0.292. The molecule has 1 amide bonds. The SMILES string of the molecule is O=C(/C=C/c1cn(Cc2ccccc2)nc1-c1cccnc1)N1CCN(CCO)CC1. The summed E-state index contributed by atoms with van der Waals surface area (Å²) in [4.78, 5) is 20.9. The minimum Gasteiger partial charge on any atom is -0.395 e. The number of benzene rings is 1. The lowest BCUT2D eigenvalue weighted by Crippen LogP contribution is -2.48. The predicted molar refractivity (Wildman–Crippen MR) is 120 cm³/mol. The Bertz CT molecular complexity index is 1010. The summed E-state index contributed by atoms with van der Waals surface area (Å²) in [7, 11) is 0. The number of piperazine rings is 1. The van der Waals surface area contributed by atoms with E-state index in [4.69, 9.17) is 10.2 Å². The number of aromatic nitrogens is 3. The number of amides is 1. The van der Waals surface area contributed by atoms with E-state index < -0.39 is 0 Å². The van der Waals surface area contributed by atoms with E-state index in [9.17, 15) is 4.79 Å². The number of nitrogens with zero attached hydrogens (tertiary/aromatic N) is 5. The molecule has 0 atom stereocenters. The Hall–Kier alpha value is -3.29. The third-order valence-corrected chi connectivity index (χ3v) is 5.42. The molecular formula is C24H27N5O2. The Kier molecular flexibility index (Phi) is 6.86. The molecule has 0 spiro atoms. The fourth-order valence-corrected chi connectivity index (χ4v) is 3.74. The average Bonchev–Trinajstić information content (AvgIpc) is 3.22. The molecule has 7 heteroatoms. The molecule has 3 heterocycles. The number of pyridine rings is 1. The van der Waals surface area contributed by atoms with Gasteiger partial charge in [0.25, 0.3) is 0 Å². The molecule has 4 rings (SSSR count). The lowest BCUT2D eigenvalue weighted by atomic mass is 10.1. The minimum atomic E-state index is -0.00315. The van der Waals surface area contributed by atoms with Gasteiger partial charge in [0.05, 0.1) is 13.2 Å². The normalized spacial score (nSPS) is 14.9. The number of aliphatic hydroxyl groups excluding tert-OH is 1. The van der Waals surface area contributed by atoms with Crippen molar-refractivity contribution in [2.24, 2.45) is 0 Å². The first-order chi connectivity index (χ1) is 15.2. The van der Waals surface area contributed by atoms with E-state index in [1.54, 1.807) is 18.5 Å². The van der Waals surface area contributed by atoms with Crippen LogP contribution >= 0.6 is 0 Å². The lowest BCUT2D eigenvalue weighted by molar-refractivity contribution is -0.127. The molecule has 1 aliphatic heterocycles. The molecule has 0 bridgehead atoms. The molecule has 2 aromatic heterocycles. The van der Waals surface area contributed by atoms with Gasteiger partial charge in [0.1, 0.15) is 5.69 Å². The number of aliphatic hydroxyl groups is 1. The summed E-state index contributed by atoms with van der Waals surface area (Å²) in [5.74, 6) is -0.00315. The van der Waals surface area contributed by atoms with Crippen molar-refractivity contribution in [3.8, 4) is 11.3 Å². The summed E-state index contributed by atoms with van der Waals surface area (Å²) in [6, 6.07) is 14.0. The highest BCUT2D eigenvalue weighted by Crippen LogP contribution is 2.23. The fourth-order valence-electron chi connectivity index (χ4n) is 3.74. The van der Waals surface area contributed by atoms with Gasteiger partial charge in [-0.05, 0) is 23.8 Å². The second-order valence-corrected chi connectivity index (χ2v) is 7.58. The molecule has 3 aromatic rings. The molecule has 1 fully saturated rings. The van der Waals surface area contributed by atoms with E-state index in [2.05, 4.69) is 22.0 Å². The van der Waals surface area contributed by atoms with Crippen LogP contribution < -0.4 is 0 Å². The van der Waals surface area contributed by atoms with Crippen molar-refractivity contribution in [3.63, 3.8) is 0 Å². The summed E-state index contributed by atoms with van der Waals surface area (Å²) in [5, 5.41) is 13.8. The van der Waals surface area contributed by atoms with Gasteiger partial charge in [-0.1, -0.05) is 30.3 Å². The summed E-state index contributed by atoms with van der Waals surface area (Å²) in [5.41, 5.74) is 3.77. The number of β-amino-alcohol motifs (C(OH)–C–C–N with tert-alkyl or cyclic N) is 1. The lowest BCUT2D eigenvalue weighted by Gasteiger charge is -2.33. The number of carbonyl (C=O) groups is 1. The maximum absolute atomic E-state index is 12.7. The van der Waals surface area contributed by atoms with E-state index in [-0.39, 0.29) is 12.5 Å². The molecule has 0 radical (unpaired) electrons. The van der Waals surface area contributed by atoms with E-state index in [1.165, 1.54) is 0 Å². The standard InChI is InChI=1S/C24H27N5O2/c30-16-15-27-11-13-28(14-12-27)23(31)9-8-22-19-29(18-20-5-2-1-3-6-20)26-24(22)21-7-4-10-25-17-21/h1-10,17,19,30H,11-16,18H2/b9-8+. The largest absolute Gasteiger partial charge is 0.395 e. The summed E-state index contributed by atoms with van der Waals surface area (Å²) >= 11 is 0. The van der Waals surface area contributed by atoms with Gasteiger partial charge in [0, 0.05) is 68.5 Å². The van der Waals surface area contributed by atoms with Gasteiger partial charge >= 0.3 is 0 Å². The van der Waals surface area contributed by atoms with Gasteiger partial charge in [-0.25, -0.2) is 0 Å². The smallest absolute Gasteiger partial charge is 0.246 e. The third-order valence-electron chi connectivity index (χ3n) is 5.42. The van der Waals surface area contributed by atoms with Crippen LogP contribution in [0.3, 0.4) is 0 Å². The van der Waals surface area contributed by atoms with Gasteiger partial charge in [0.15, 0.2) is 0 Å². The van der Waals surface area contributed by atoms with E-state index in [0.717, 1.165) is 35.5 Å². The van der Waals surface area contributed by atoms with Gasteiger partial charge < -0.3 is 10.0 Å². The van der Waals surface area contributed by atoms with Crippen LogP contribution in [0.5, 0.6) is 0 Å². The van der Waals surface area contributed by atoms with Crippen molar-refractivity contribution in [1.82, 2.24) is 24.6 Å². The molecule has 31 heavy (non-hydrogen) atoms. The highest BCUT2D eigenvalue weighted by Gasteiger charge is 2.19. The quantitative estimate of drug-likeness (QED) is 0.596. The van der Waals surface area contributed by atoms with Crippen LogP contribution in [0.25, 0.3) is 17.3 Å².